The quantitative estimate of drug-likeness (QED) is 0.877. The van der Waals surface area contributed by atoms with E-state index < -0.39 is 17.9 Å². The normalized spacial score (nSPS) is 22.0. The number of ether oxygens (including phenoxy) is 2. The molecule has 26 heavy (non-hydrogen) atoms. The number of carbonyl (C=O) groups excluding carboxylic acids is 1. The number of carbonyl (C=O) groups is 2. The van der Waals surface area contributed by atoms with Crippen molar-refractivity contribution in [2.45, 2.75) is 11.8 Å². The number of anilines is 1. The standard InChI is InChI=1S/C19H14ClNO5/c20-12-2-1-3-13-17(12)19(18(24)21(13)8-16(22)23)9-26-15-7-14-10(4-5-25-14)6-11(15)19/h1-3,6-7H,4-5,8-9H2,(H,22,23). The molecular weight excluding hydrogens is 358 g/mol. The third-order valence-electron chi connectivity index (χ3n) is 5.31. The number of fused-ring (bicyclic) bond motifs is 5. The summed E-state index contributed by atoms with van der Waals surface area (Å²) in [7, 11) is 0. The van der Waals surface area contributed by atoms with Crippen molar-refractivity contribution < 1.29 is 24.2 Å². The van der Waals surface area contributed by atoms with Gasteiger partial charge in [-0.2, -0.15) is 0 Å². The highest BCUT2D eigenvalue weighted by Gasteiger charge is 2.58. The molecule has 6 nitrogen and oxygen atoms in total. The van der Waals surface area contributed by atoms with Gasteiger partial charge in [-0.25, -0.2) is 0 Å². The van der Waals surface area contributed by atoms with Gasteiger partial charge in [0.05, 0.1) is 12.3 Å². The Morgan fingerprint density at radius 3 is 2.92 bits per heavy atom. The lowest BCUT2D eigenvalue weighted by molar-refractivity contribution is -0.137. The van der Waals surface area contributed by atoms with Crippen LogP contribution < -0.4 is 14.4 Å². The van der Waals surface area contributed by atoms with Crippen molar-refractivity contribution in [2.24, 2.45) is 0 Å². The molecule has 0 aromatic heterocycles. The summed E-state index contributed by atoms with van der Waals surface area (Å²) in [6.45, 7) is 0.274. The van der Waals surface area contributed by atoms with Crippen LogP contribution in [-0.2, 0) is 21.4 Å². The zero-order valence-electron chi connectivity index (χ0n) is 13.6. The van der Waals surface area contributed by atoms with Crippen molar-refractivity contribution in [1.29, 1.82) is 0 Å². The van der Waals surface area contributed by atoms with Crippen LogP contribution in [0.25, 0.3) is 0 Å². The third kappa shape index (κ3) is 1.82. The van der Waals surface area contributed by atoms with Gasteiger partial charge in [-0.05, 0) is 23.8 Å². The number of hydrogen-bond acceptors (Lipinski definition) is 4. The molecule has 1 amide bonds. The lowest BCUT2D eigenvalue weighted by Crippen LogP contribution is -2.44. The molecule has 5 rings (SSSR count). The van der Waals surface area contributed by atoms with Gasteiger partial charge in [0.15, 0.2) is 0 Å². The molecule has 3 heterocycles. The van der Waals surface area contributed by atoms with Crippen molar-refractivity contribution in [1.82, 2.24) is 0 Å². The van der Waals surface area contributed by atoms with Gasteiger partial charge in [0.1, 0.15) is 30.1 Å². The highest BCUT2D eigenvalue weighted by Crippen LogP contribution is 2.55. The number of carboxylic acids is 1. The van der Waals surface area contributed by atoms with E-state index in [2.05, 4.69) is 0 Å². The van der Waals surface area contributed by atoms with Crippen LogP contribution in [0.2, 0.25) is 5.02 Å². The summed E-state index contributed by atoms with van der Waals surface area (Å²) in [5.74, 6) is -0.0431. The molecule has 0 radical (unpaired) electrons. The van der Waals surface area contributed by atoms with E-state index >= 15 is 0 Å². The van der Waals surface area contributed by atoms with Gasteiger partial charge in [-0.15, -0.1) is 0 Å². The van der Waals surface area contributed by atoms with Crippen molar-refractivity contribution >= 4 is 29.2 Å². The summed E-state index contributed by atoms with van der Waals surface area (Å²) < 4.78 is 11.5. The molecule has 0 aliphatic carbocycles. The number of amides is 1. The molecule has 0 saturated carbocycles. The van der Waals surface area contributed by atoms with E-state index in [1.807, 2.05) is 12.1 Å². The molecule has 1 spiro atoms. The maximum atomic E-state index is 13.4. The Hall–Kier alpha value is -2.73. The molecule has 0 bridgehead atoms. The predicted molar refractivity (Wildman–Crippen MR) is 93.4 cm³/mol. The van der Waals surface area contributed by atoms with E-state index in [1.165, 1.54) is 4.90 Å². The van der Waals surface area contributed by atoms with Crippen LogP contribution in [0.3, 0.4) is 0 Å². The summed E-state index contributed by atoms with van der Waals surface area (Å²) in [5.41, 5.74) is 1.78. The Morgan fingerprint density at radius 2 is 2.12 bits per heavy atom. The van der Waals surface area contributed by atoms with Crippen LogP contribution in [-0.4, -0.2) is 36.7 Å². The van der Waals surface area contributed by atoms with E-state index in [4.69, 9.17) is 21.1 Å². The minimum absolute atomic E-state index is 0.0942. The Kier molecular flexibility index (Phi) is 3.07. The lowest BCUT2D eigenvalue weighted by Gasteiger charge is -2.23. The molecule has 0 fully saturated rings. The summed E-state index contributed by atoms with van der Waals surface area (Å²) in [5, 5.41) is 9.69. The summed E-state index contributed by atoms with van der Waals surface area (Å²) in [4.78, 5) is 26.0. The van der Waals surface area contributed by atoms with Gasteiger partial charge in [0.25, 0.3) is 0 Å². The summed E-state index contributed by atoms with van der Waals surface area (Å²) >= 11 is 6.48. The molecule has 132 valence electrons. The second-order valence-corrected chi connectivity index (χ2v) is 7.07. The number of halogens is 1. The second-order valence-electron chi connectivity index (χ2n) is 6.67. The molecule has 1 N–H and O–H groups in total. The Morgan fingerprint density at radius 1 is 1.27 bits per heavy atom. The third-order valence-corrected chi connectivity index (χ3v) is 5.62. The number of carboxylic acid groups (broad SMARTS) is 1. The van der Waals surface area contributed by atoms with E-state index in [0.717, 1.165) is 23.3 Å². The first-order valence-electron chi connectivity index (χ1n) is 8.28. The largest absolute Gasteiger partial charge is 0.493 e. The van der Waals surface area contributed by atoms with E-state index in [-0.39, 0.29) is 12.5 Å². The van der Waals surface area contributed by atoms with Crippen molar-refractivity contribution in [2.75, 3.05) is 24.7 Å². The fraction of sp³-hybridized carbons (Fsp3) is 0.263. The number of rotatable bonds is 2. The minimum Gasteiger partial charge on any atom is -0.493 e. The lowest BCUT2D eigenvalue weighted by atomic mass is 9.76. The fourth-order valence-corrected chi connectivity index (χ4v) is 4.54. The van der Waals surface area contributed by atoms with Gasteiger partial charge in [0.2, 0.25) is 5.91 Å². The molecule has 1 unspecified atom stereocenters. The summed E-state index contributed by atoms with van der Waals surface area (Å²) in [6, 6.07) is 8.92. The van der Waals surface area contributed by atoms with E-state index in [9.17, 15) is 14.7 Å². The molecule has 1 atom stereocenters. The van der Waals surface area contributed by atoms with Crippen LogP contribution in [0, 0.1) is 0 Å². The number of benzene rings is 2. The number of aliphatic carboxylic acids is 1. The Bertz CT molecular complexity index is 988. The fourth-order valence-electron chi connectivity index (χ4n) is 4.21. The average molecular weight is 372 g/mol. The first-order chi connectivity index (χ1) is 12.5. The van der Waals surface area contributed by atoms with Crippen LogP contribution in [0.4, 0.5) is 5.69 Å². The summed E-state index contributed by atoms with van der Waals surface area (Å²) in [6.07, 6.45) is 0.765. The molecule has 0 saturated heterocycles. The van der Waals surface area contributed by atoms with Crippen LogP contribution >= 0.6 is 11.6 Å². The topological polar surface area (TPSA) is 76.1 Å². The smallest absolute Gasteiger partial charge is 0.323 e. The zero-order chi connectivity index (χ0) is 18.1. The molecule has 3 aliphatic rings. The van der Waals surface area contributed by atoms with Gasteiger partial charge >= 0.3 is 5.97 Å². The Balaban J connectivity index is 1.77. The molecular formula is C19H14ClNO5. The first kappa shape index (κ1) is 15.5. The highest BCUT2D eigenvalue weighted by atomic mass is 35.5. The monoisotopic (exact) mass is 371 g/mol. The SMILES string of the molecule is O=C(O)CN1C(=O)C2(COc3cc4c(cc32)CCO4)c2c(Cl)cccc21. The van der Waals surface area contributed by atoms with Gasteiger partial charge < -0.3 is 14.6 Å². The van der Waals surface area contributed by atoms with E-state index in [1.54, 1.807) is 18.2 Å². The maximum Gasteiger partial charge on any atom is 0.323 e. The van der Waals surface area contributed by atoms with Crippen molar-refractivity contribution in [3.63, 3.8) is 0 Å². The minimum atomic E-state index is -1.12. The number of hydrogen-bond donors (Lipinski definition) is 1. The molecule has 2 aromatic carbocycles. The van der Waals surface area contributed by atoms with Crippen molar-refractivity contribution in [3.8, 4) is 11.5 Å². The maximum absolute atomic E-state index is 13.4. The van der Waals surface area contributed by atoms with Crippen LogP contribution in [0.5, 0.6) is 11.5 Å². The van der Waals surface area contributed by atoms with Gasteiger partial charge in [-0.3, -0.25) is 14.5 Å². The Labute approximate surface area is 153 Å². The van der Waals surface area contributed by atoms with Gasteiger partial charge in [-0.1, -0.05) is 17.7 Å². The predicted octanol–water partition coefficient (Wildman–Crippen LogP) is 2.38. The van der Waals surface area contributed by atoms with Gasteiger partial charge in [0, 0.05) is 28.6 Å². The van der Waals surface area contributed by atoms with Crippen LogP contribution in [0.1, 0.15) is 16.7 Å². The zero-order valence-corrected chi connectivity index (χ0v) is 14.4. The highest BCUT2D eigenvalue weighted by molar-refractivity contribution is 6.33. The number of nitrogens with zero attached hydrogens (tertiary/aromatic N) is 1. The van der Waals surface area contributed by atoms with Crippen molar-refractivity contribution in [3.05, 3.63) is 52.0 Å². The first-order valence-corrected chi connectivity index (χ1v) is 8.66. The molecule has 2 aromatic rings. The average Bonchev–Trinajstić information content (AvgIpc) is 3.26. The molecule has 3 aliphatic heterocycles. The molecule has 7 heteroatoms. The van der Waals surface area contributed by atoms with E-state index in [0.29, 0.717) is 28.6 Å². The van der Waals surface area contributed by atoms with Crippen LogP contribution in [0.15, 0.2) is 30.3 Å². The second kappa shape index (κ2) is 5.14.